The van der Waals surface area contributed by atoms with Gasteiger partial charge in [0, 0.05) is 30.7 Å². The molecule has 2 rings (SSSR count). The molecule has 1 N–H and O–H groups in total. The van der Waals surface area contributed by atoms with E-state index in [1.807, 2.05) is 20.8 Å². The highest BCUT2D eigenvalue weighted by molar-refractivity contribution is 7.11. The molecule has 0 aromatic carbocycles. The van der Waals surface area contributed by atoms with Crippen molar-refractivity contribution in [3.63, 3.8) is 0 Å². The van der Waals surface area contributed by atoms with Crippen molar-refractivity contribution in [3.8, 4) is 0 Å². The fourth-order valence-corrected chi connectivity index (χ4v) is 2.67. The van der Waals surface area contributed by atoms with E-state index in [0.717, 1.165) is 6.42 Å². The number of likely N-dealkylation sites (tertiary alicyclic amines) is 1. The van der Waals surface area contributed by atoms with Gasteiger partial charge in [0.05, 0.1) is 6.54 Å². The summed E-state index contributed by atoms with van der Waals surface area (Å²) in [7, 11) is 0. The summed E-state index contributed by atoms with van der Waals surface area (Å²) in [6, 6.07) is 0.126. The third-order valence-electron chi connectivity index (χ3n) is 3.06. The van der Waals surface area contributed by atoms with Gasteiger partial charge in [-0.2, -0.15) is 0 Å². The van der Waals surface area contributed by atoms with E-state index < -0.39 is 5.60 Å². The second-order valence-corrected chi connectivity index (χ2v) is 6.95. The number of amides is 1. The van der Waals surface area contributed by atoms with Crippen LogP contribution in [0, 0.1) is 0 Å². The largest absolute Gasteiger partial charge is 0.444 e. The van der Waals surface area contributed by atoms with Gasteiger partial charge < -0.3 is 15.0 Å². The predicted octanol–water partition coefficient (Wildman–Crippen LogP) is 1.92. The molecule has 0 spiro atoms. The van der Waals surface area contributed by atoms with Crippen molar-refractivity contribution in [1.82, 2.24) is 15.2 Å². The summed E-state index contributed by atoms with van der Waals surface area (Å²) < 4.78 is 5.34. The standard InChI is InChI=1S/C14H21N3O3S/c1-14(2,3)20-13(19)17-6-4-10(9-17)16-8-11(18)12-15-5-7-21-12/h5,7,10,16H,4,6,8-9H2,1-3H3. The van der Waals surface area contributed by atoms with Gasteiger partial charge in [-0.3, -0.25) is 4.79 Å². The third kappa shape index (κ3) is 4.78. The molecular weight excluding hydrogens is 290 g/mol. The molecule has 1 aliphatic heterocycles. The molecule has 1 aliphatic rings. The maximum Gasteiger partial charge on any atom is 0.410 e. The van der Waals surface area contributed by atoms with E-state index in [9.17, 15) is 9.59 Å². The lowest BCUT2D eigenvalue weighted by atomic mass is 10.2. The van der Waals surface area contributed by atoms with Crippen LogP contribution in [0.25, 0.3) is 0 Å². The summed E-state index contributed by atoms with van der Waals surface area (Å²) in [5.41, 5.74) is -0.483. The van der Waals surface area contributed by atoms with Gasteiger partial charge in [-0.15, -0.1) is 11.3 Å². The van der Waals surface area contributed by atoms with Gasteiger partial charge >= 0.3 is 6.09 Å². The molecule has 21 heavy (non-hydrogen) atoms. The molecule has 1 fully saturated rings. The first kappa shape index (κ1) is 15.9. The molecule has 0 aliphatic carbocycles. The summed E-state index contributed by atoms with van der Waals surface area (Å²) in [5, 5.41) is 5.49. The highest BCUT2D eigenvalue weighted by Gasteiger charge is 2.29. The Labute approximate surface area is 128 Å². The van der Waals surface area contributed by atoms with E-state index in [1.165, 1.54) is 11.3 Å². The molecule has 1 aromatic heterocycles. The van der Waals surface area contributed by atoms with Crippen LogP contribution in [0.3, 0.4) is 0 Å². The van der Waals surface area contributed by atoms with E-state index in [4.69, 9.17) is 4.74 Å². The van der Waals surface area contributed by atoms with E-state index in [0.29, 0.717) is 18.1 Å². The summed E-state index contributed by atoms with van der Waals surface area (Å²) in [5.74, 6) is -0.0132. The third-order valence-corrected chi connectivity index (χ3v) is 3.88. The molecule has 1 unspecified atom stereocenters. The van der Waals surface area contributed by atoms with Gasteiger partial charge in [0.1, 0.15) is 5.60 Å². The van der Waals surface area contributed by atoms with E-state index >= 15 is 0 Å². The lowest BCUT2D eigenvalue weighted by molar-refractivity contribution is 0.0291. The first-order valence-corrected chi connectivity index (χ1v) is 7.87. The van der Waals surface area contributed by atoms with Crippen molar-refractivity contribution < 1.29 is 14.3 Å². The first-order chi connectivity index (χ1) is 9.85. The molecule has 0 saturated carbocycles. The number of nitrogens with one attached hydrogen (secondary N) is 1. The van der Waals surface area contributed by atoms with Crippen LogP contribution in [0.4, 0.5) is 4.79 Å². The zero-order chi connectivity index (χ0) is 15.5. The average Bonchev–Trinajstić information content (AvgIpc) is 3.05. The smallest absolute Gasteiger partial charge is 0.410 e. The lowest BCUT2D eigenvalue weighted by Crippen LogP contribution is -2.39. The molecular formula is C14H21N3O3S. The van der Waals surface area contributed by atoms with E-state index in [-0.39, 0.29) is 24.5 Å². The van der Waals surface area contributed by atoms with Crippen LogP contribution in [-0.2, 0) is 4.74 Å². The van der Waals surface area contributed by atoms with Gasteiger partial charge in [0.2, 0.25) is 5.78 Å². The SMILES string of the molecule is CC(C)(C)OC(=O)N1CCC(NCC(=O)c2nccs2)C1. The number of carbonyl (C=O) groups is 2. The second-order valence-electron chi connectivity index (χ2n) is 6.05. The Bertz CT molecular complexity index is 496. The van der Waals surface area contributed by atoms with Crippen LogP contribution in [0.5, 0.6) is 0 Å². The Hall–Kier alpha value is -1.47. The Kier molecular flexibility index (Phi) is 4.95. The van der Waals surface area contributed by atoms with Crippen molar-refractivity contribution in [2.45, 2.75) is 38.8 Å². The van der Waals surface area contributed by atoms with Gasteiger partial charge in [0.15, 0.2) is 5.01 Å². The zero-order valence-electron chi connectivity index (χ0n) is 12.6. The number of nitrogens with zero attached hydrogens (tertiary/aromatic N) is 2. The normalized spacial score (nSPS) is 18.8. The Morgan fingerprint density at radius 2 is 2.29 bits per heavy atom. The number of hydrogen-bond donors (Lipinski definition) is 1. The number of aromatic nitrogens is 1. The zero-order valence-corrected chi connectivity index (χ0v) is 13.4. The van der Waals surface area contributed by atoms with Crippen molar-refractivity contribution in [3.05, 3.63) is 16.6 Å². The number of carbonyl (C=O) groups excluding carboxylic acids is 2. The predicted molar refractivity (Wildman–Crippen MR) is 80.7 cm³/mol. The number of hydrogen-bond acceptors (Lipinski definition) is 6. The number of ketones is 1. The summed E-state index contributed by atoms with van der Waals surface area (Å²) in [4.78, 5) is 29.4. The minimum atomic E-state index is -0.483. The van der Waals surface area contributed by atoms with Gasteiger partial charge in [-0.05, 0) is 27.2 Å². The maximum atomic E-state index is 11.9. The summed E-state index contributed by atoms with van der Waals surface area (Å²) >= 11 is 1.34. The van der Waals surface area contributed by atoms with Gasteiger partial charge in [-0.25, -0.2) is 9.78 Å². The fraction of sp³-hybridized carbons (Fsp3) is 0.643. The molecule has 1 atom stereocenters. The minimum Gasteiger partial charge on any atom is -0.444 e. The van der Waals surface area contributed by atoms with E-state index in [1.54, 1.807) is 16.5 Å². The van der Waals surface area contributed by atoms with Crippen LogP contribution in [0.2, 0.25) is 0 Å². The van der Waals surface area contributed by atoms with Gasteiger partial charge in [-0.1, -0.05) is 0 Å². The molecule has 6 nitrogen and oxygen atoms in total. The molecule has 2 heterocycles. The van der Waals surface area contributed by atoms with Crippen LogP contribution < -0.4 is 5.32 Å². The molecule has 0 radical (unpaired) electrons. The first-order valence-electron chi connectivity index (χ1n) is 6.99. The minimum absolute atomic E-state index is 0.0132. The molecule has 1 aromatic rings. The molecule has 0 bridgehead atoms. The van der Waals surface area contributed by atoms with E-state index in [2.05, 4.69) is 10.3 Å². The number of Topliss-reactive ketones (excluding diaryl/α,β-unsaturated/α-hetero) is 1. The quantitative estimate of drug-likeness (QED) is 0.860. The number of thiazole rings is 1. The fourth-order valence-electron chi connectivity index (χ4n) is 2.09. The monoisotopic (exact) mass is 311 g/mol. The summed E-state index contributed by atoms with van der Waals surface area (Å²) in [6.45, 7) is 7.02. The van der Waals surface area contributed by atoms with Gasteiger partial charge in [0.25, 0.3) is 0 Å². The Morgan fingerprint density at radius 1 is 1.52 bits per heavy atom. The van der Waals surface area contributed by atoms with Crippen molar-refractivity contribution >= 4 is 23.2 Å². The summed E-state index contributed by atoms with van der Waals surface area (Å²) in [6.07, 6.45) is 2.15. The topological polar surface area (TPSA) is 71.5 Å². The van der Waals surface area contributed by atoms with Crippen LogP contribution in [0.1, 0.15) is 37.0 Å². The van der Waals surface area contributed by atoms with Crippen molar-refractivity contribution in [2.75, 3.05) is 19.6 Å². The Morgan fingerprint density at radius 3 is 2.90 bits per heavy atom. The van der Waals surface area contributed by atoms with Crippen molar-refractivity contribution in [1.29, 1.82) is 0 Å². The maximum absolute atomic E-state index is 11.9. The lowest BCUT2D eigenvalue weighted by Gasteiger charge is -2.24. The number of ether oxygens (including phenoxy) is 1. The second kappa shape index (κ2) is 6.53. The average molecular weight is 311 g/mol. The van der Waals surface area contributed by atoms with Crippen LogP contribution in [-0.4, -0.2) is 53.0 Å². The van der Waals surface area contributed by atoms with Crippen LogP contribution >= 0.6 is 11.3 Å². The highest BCUT2D eigenvalue weighted by atomic mass is 32.1. The molecule has 116 valence electrons. The molecule has 7 heteroatoms. The molecule has 1 saturated heterocycles. The Balaban J connectivity index is 1.75. The highest BCUT2D eigenvalue weighted by Crippen LogP contribution is 2.15. The number of rotatable bonds is 4. The van der Waals surface area contributed by atoms with Crippen LogP contribution in [0.15, 0.2) is 11.6 Å². The molecule has 1 amide bonds. The van der Waals surface area contributed by atoms with Crippen molar-refractivity contribution in [2.24, 2.45) is 0 Å².